The predicted molar refractivity (Wildman–Crippen MR) is 127 cm³/mol. The maximum absolute atomic E-state index is 13.0. The van der Waals surface area contributed by atoms with E-state index in [-0.39, 0.29) is 11.9 Å². The number of rotatable bonds is 10. The molecular weight excluding hydrogens is 434 g/mol. The van der Waals surface area contributed by atoms with Gasteiger partial charge in [-0.1, -0.05) is 35.6 Å². The minimum Gasteiger partial charge on any atom is -0.493 e. The summed E-state index contributed by atoms with van der Waals surface area (Å²) in [7, 11) is 4.62. The van der Waals surface area contributed by atoms with Crippen molar-refractivity contribution in [1.29, 1.82) is 0 Å². The number of hydroxylamine groups is 2. The Bertz CT molecular complexity index is 1130. The molecule has 1 aliphatic carbocycles. The molecule has 0 spiro atoms. The van der Waals surface area contributed by atoms with E-state index in [0.29, 0.717) is 36.0 Å². The van der Waals surface area contributed by atoms with Crippen molar-refractivity contribution in [3.05, 3.63) is 77.5 Å². The molecule has 34 heavy (non-hydrogen) atoms. The third kappa shape index (κ3) is 5.36. The van der Waals surface area contributed by atoms with E-state index in [2.05, 4.69) is 22.4 Å². The fraction of sp³-hybridized carbons (Fsp3) is 0.308. The molecular formula is C26H29N3O5. The Morgan fingerprint density at radius 2 is 1.85 bits per heavy atom. The topological polar surface area (TPSA) is 82.2 Å². The van der Waals surface area contributed by atoms with Crippen molar-refractivity contribution in [1.82, 2.24) is 15.5 Å². The lowest BCUT2D eigenvalue weighted by atomic mass is 10.1. The summed E-state index contributed by atoms with van der Waals surface area (Å²) < 4.78 is 11.3. The van der Waals surface area contributed by atoms with Crippen molar-refractivity contribution in [2.45, 2.75) is 18.9 Å². The van der Waals surface area contributed by atoms with Crippen LogP contribution in [0.3, 0.4) is 0 Å². The van der Waals surface area contributed by atoms with Gasteiger partial charge in [-0.15, -0.1) is 0 Å². The van der Waals surface area contributed by atoms with Crippen molar-refractivity contribution in [3.8, 4) is 22.8 Å². The third-order valence-electron chi connectivity index (χ3n) is 5.82. The molecule has 8 heteroatoms. The Morgan fingerprint density at radius 3 is 2.65 bits per heavy atom. The number of methoxy groups -OCH3 is 1. The highest BCUT2D eigenvalue weighted by Crippen LogP contribution is 2.33. The molecule has 0 fully saturated rings. The second-order valence-electron chi connectivity index (χ2n) is 7.81. The number of hydrogen-bond donors (Lipinski definition) is 1. The van der Waals surface area contributed by atoms with Crippen LogP contribution in [0, 0.1) is 0 Å². The number of ether oxygens (including phenoxy) is 2. The van der Waals surface area contributed by atoms with E-state index in [0.717, 1.165) is 18.4 Å². The molecule has 0 bridgehead atoms. The van der Waals surface area contributed by atoms with Crippen molar-refractivity contribution in [3.63, 3.8) is 0 Å². The highest BCUT2D eigenvalue weighted by Gasteiger charge is 2.24. The molecule has 1 amide bonds. The lowest BCUT2D eigenvalue weighted by molar-refractivity contribution is -0.343. The largest absolute Gasteiger partial charge is 0.493 e. The van der Waals surface area contributed by atoms with E-state index in [9.17, 15) is 4.79 Å². The molecule has 0 saturated carbocycles. The number of hydrogen-bond acceptors (Lipinski definition) is 7. The van der Waals surface area contributed by atoms with E-state index < -0.39 is 0 Å². The monoisotopic (exact) mass is 463 g/mol. The molecule has 3 aromatic rings. The van der Waals surface area contributed by atoms with Crippen LogP contribution in [0.15, 0.2) is 60.7 Å². The van der Waals surface area contributed by atoms with Gasteiger partial charge in [0.2, 0.25) is 0 Å². The molecule has 1 heterocycles. The highest BCUT2D eigenvalue weighted by atomic mass is 16.9. The van der Waals surface area contributed by atoms with Gasteiger partial charge in [0, 0.05) is 5.56 Å². The molecule has 0 radical (unpaired) electrons. The second kappa shape index (κ2) is 11.1. The van der Waals surface area contributed by atoms with E-state index in [1.54, 1.807) is 13.2 Å². The summed E-state index contributed by atoms with van der Waals surface area (Å²) in [6.07, 6.45) is 1.86. The maximum atomic E-state index is 13.0. The molecule has 4 rings (SSSR count). The molecule has 0 saturated heterocycles. The Balaban J connectivity index is 1.49. The first-order chi connectivity index (χ1) is 16.6. The zero-order chi connectivity index (χ0) is 23.9. The van der Waals surface area contributed by atoms with E-state index in [1.807, 2.05) is 42.5 Å². The van der Waals surface area contributed by atoms with Crippen molar-refractivity contribution in [2.75, 3.05) is 34.5 Å². The number of nitrogens with zero attached hydrogens (tertiary/aromatic N) is 2. The summed E-state index contributed by atoms with van der Waals surface area (Å²) in [6.45, 7) is 0.721. The molecule has 1 aliphatic rings. The molecule has 2 aromatic carbocycles. The van der Waals surface area contributed by atoms with Gasteiger partial charge in [0.15, 0.2) is 11.5 Å². The Labute approximate surface area is 199 Å². The van der Waals surface area contributed by atoms with Crippen LogP contribution in [0.2, 0.25) is 0 Å². The van der Waals surface area contributed by atoms with Crippen LogP contribution in [0.5, 0.6) is 11.5 Å². The molecule has 1 atom stereocenters. The Kier molecular flexibility index (Phi) is 7.74. The summed E-state index contributed by atoms with van der Waals surface area (Å²) in [5.74, 6) is 0.970. The van der Waals surface area contributed by atoms with Crippen LogP contribution in [0.1, 0.15) is 34.1 Å². The molecule has 1 aromatic heterocycles. The fourth-order valence-electron chi connectivity index (χ4n) is 4.10. The summed E-state index contributed by atoms with van der Waals surface area (Å²) in [5.41, 5.74) is 4.33. The first-order valence-corrected chi connectivity index (χ1v) is 11.2. The zero-order valence-electron chi connectivity index (χ0n) is 19.6. The molecule has 0 aliphatic heterocycles. The van der Waals surface area contributed by atoms with E-state index in [4.69, 9.17) is 19.1 Å². The van der Waals surface area contributed by atoms with Gasteiger partial charge in [0.25, 0.3) is 5.91 Å². The second-order valence-corrected chi connectivity index (χ2v) is 7.81. The van der Waals surface area contributed by atoms with Crippen LogP contribution in [0.4, 0.5) is 0 Å². The summed E-state index contributed by atoms with van der Waals surface area (Å²) in [5, 5.41) is 4.44. The van der Waals surface area contributed by atoms with E-state index >= 15 is 0 Å². The summed E-state index contributed by atoms with van der Waals surface area (Å²) >= 11 is 0. The normalized spacial score (nSPS) is 14.6. The Hall–Kier alpha value is -3.46. The van der Waals surface area contributed by atoms with Gasteiger partial charge in [-0.05, 0) is 54.3 Å². The van der Waals surface area contributed by atoms with Crippen LogP contribution in [-0.2, 0) is 16.1 Å². The summed E-state index contributed by atoms with van der Waals surface area (Å²) in [6, 6.07) is 19.2. The zero-order valence-corrected chi connectivity index (χ0v) is 19.6. The fourth-order valence-corrected chi connectivity index (χ4v) is 4.10. The third-order valence-corrected chi connectivity index (χ3v) is 5.82. The van der Waals surface area contributed by atoms with Gasteiger partial charge in [-0.3, -0.25) is 14.5 Å². The van der Waals surface area contributed by atoms with Gasteiger partial charge in [0.1, 0.15) is 12.3 Å². The van der Waals surface area contributed by atoms with Gasteiger partial charge >= 0.3 is 0 Å². The first kappa shape index (κ1) is 23.7. The number of carbonyl (C=O) groups excluding carboxylic acids is 1. The van der Waals surface area contributed by atoms with Gasteiger partial charge in [-0.2, -0.15) is 0 Å². The minimum absolute atomic E-state index is 0.00825. The smallest absolute Gasteiger partial charge is 0.270 e. The van der Waals surface area contributed by atoms with Crippen LogP contribution < -0.4 is 14.8 Å². The number of aryl methyl sites for hydroxylation is 1. The van der Waals surface area contributed by atoms with Gasteiger partial charge in [-0.25, -0.2) is 4.98 Å². The molecule has 178 valence electrons. The standard InChI is InChI=1S/C26H29N3O5/c1-31-24-14-12-19(17-25(24)34-16-15-29(32-2)33-3)21-9-6-10-23(27-21)26(30)28-22-13-11-18-7-4-5-8-20(18)22/h4-10,12,14,17,22H,11,13,15-16H2,1-3H3,(H,28,30). The SMILES string of the molecule is COc1ccc(-c2cccc(C(=O)NC3CCc4ccccc43)n2)cc1OCCN(OC)OC. The van der Waals surface area contributed by atoms with Crippen LogP contribution >= 0.6 is 0 Å². The number of benzene rings is 2. The lowest BCUT2D eigenvalue weighted by Crippen LogP contribution is -2.27. The van der Waals surface area contributed by atoms with Crippen molar-refractivity contribution < 1.29 is 23.9 Å². The first-order valence-electron chi connectivity index (χ1n) is 11.2. The number of carbonyl (C=O) groups is 1. The average Bonchev–Trinajstić information content (AvgIpc) is 3.29. The quantitative estimate of drug-likeness (QED) is 0.456. The van der Waals surface area contributed by atoms with Gasteiger partial charge in [0.05, 0.1) is 39.6 Å². The Morgan fingerprint density at radius 1 is 1.03 bits per heavy atom. The lowest BCUT2D eigenvalue weighted by Gasteiger charge is -2.17. The number of amides is 1. The number of pyridine rings is 1. The van der Waals surface area contributed by atoms with Crippen molar-refractivity contribution >= 4 is 5.91 Å². The highest BCUT2D eigenvalue weighted by molar-refractivity contribution is 5.93. The van der Waals surface area contributed by atoms with E-state index in [1.165, 1.54) is 30.6 Å². The predicted octanol–water partition coefficient (Wildman–Crippen LogP) is 3.98. The molecule has 8 nitrogen and oxygen atoms in total. The van der Waals surface area contributed by atoms with Crippen LogP contribution in [0.25, 0.3) is 11.3 Å². The van der Waals surface area contributed by atoms with Crippen molar-refractivity contribution in [2.24, 2.45) is 0 Å². The number of nitrogens with one attached hydrogen (secondary N) is 1. The van der Waals surface area contributed by atoms with Gasteiger partial charge < -0.3 is 14.8 Å². The molecule has 1 N–H and O–H groups in total. The number of fused-ring (bicyclic) bond motifs is 1. The average molecular weight is 464 g/mol. The maximum Gasteiger partial charge on any atom is 0.270 e. The minimum atomic E-state index is -0.187. The summed E-state index contributed by atoms with van der Waals surface area (Å²) in [4.78, 5) is 27.7. The number of aromatic nitrogens is 1. The molecule has 1 unspecified atom stereocenters. The van der Waals surface area contributed by atoms with Crippen LogP contribution in [-0.4, -0.2) is 50.6 Å².